The van der Waals surface area contributed by atoms with Gasteiger partial charge in [-0.25, -0.2) is 0 Å². The summed E-state index contributed by atoms with van der Waals surface area (Å²) in [5.74, 6) is 0.819. The molecule has 0 aliphatic carbocycles. The number of nitro benzene ring substituents is 1. The second kappa shape index (κ2) is 11.2. The second-order valence-corrected chi connectivity index (χ2v) is 9.44. The number of ether oxygens (including phenoxy) is 1. The minimum absolute atomic E-state index is 0.00371. The highest BCUT2D eigenvalue weighted by Crippen LogP contribution is 2.44. The van der Waals surface area contributed by atoms with Crippen LogP contribution in [0.2, 0.25) is 5.02 Å². The minimum atomic E-state index is -0.447. The number of aromatic nitrogens is 1. The van der Waals surface area contributed by atoms with Crippen LogP contribution < -0.4 is 15.5 Å². The Morgan fingerprint density at radius 1 is 1.21 bits per heavy atom. The van der Waals surface area contributed by atoms with Crippen molar-refractivity contribution in [3.05, 3.63) is 106 Å². The standard InChI is InChI=1S/C27H22ClN5O5S/c1-37-15-24(34)30-20-10-9-18(14-19(20)28)32-26(25(31-27(32)39)21-4-2-3-13-29-21)23-12-11-22(38-23)16-5-7-17(8-6-16)33(35)36/h2-14,25-26H,15H2,1H3,(H,30,34)(H,31,39)/t25-,26+/m0/s1. The summed E-state index contributed by atoms with van der Waals surface area (Å²) in [6.45, 7) is -0.0956. The van der Waals surface area contributed by atoms with Crippen molar-refractivity contribution in [2.24, 2.45) is 0 Å². The number of non-ortho nitro benzene ring substituents is 1. The number of hydrogen-bond acceptors (Lipinski definition) is 7. The van der Waals surface area contributed by atoms with Crippen molar-refractivity contribution < 1.29 is 18.9 Å². The maximum absolute atomic E-state index is 12.0. The van der Waals surface area contributed by atoms with Gasteiger partial charge in [0.25, 0.3) is 5.69 Å². The number of halogens is 1. The van der Waals surface area contributed by atoms with E-state index in [9.17, 15) is 14.9 Å². The van der Waals surface area contributed by atoms with Crippen LogP contribution >= 0.6 is 23.8 Å². The molecule has 198 valence electrons. The average molecular weight is 564 g/mol. The Kier molecular flexibility index (Phi) is 7.55. The first-order valence-corrected chi connectivity index (χ1v) is 12.6. The van der Waals surface area contributed by atoms with Gasteiger partial charge in [-0.2, -0.15) is 0 Å². The van der Waals surface area contributed by atoms with E-state index < -0.39 is 11.0 Å². The number of thiocarbonyl (C=S) groups is 1. The Morgan fingerprint density at radius 3 is 2.67 bits per heavy atom. The molecule has 2 N–H and O–H groups in total. The number of nitrogens with one attached hydrogen (secondary N) is 2. The first-order chi connectivity index (χ1) is 18.9. The molecule has 1 aliphatic heterocycles. The van der Waals surface area contributed by atoms with Crippen molar-refractivity contribution in [1.29, 1.82) is 0 Å². The zero-order valence-corrected chi connectivity index (χ0v) is 22.1. The Balaban J connectivity index is 1.52. The van der Waals surface area contributed by atoms with Gasteiger partial charge in [0, 0.05) is 36.7 Å². The molecule has 2 atom stereocenters. The van der Waals surface area contributed by atoms with Gasteiger partial charge >= 0.3 is 0 Å². The van der Waals surface area contributed by atoms with Crippen molar-refractivity contribution in [3.63, 3.8) is 0 Å². The molecule has 0 bridgehead atoms. The van der Waals surface area contributed by atoms with Gasteiger partial charge in [0.15, 0.2) is 5.11 Å². The normalized spacial score (nSPS) is 16.7. The van der Waals surface area contributed by atoms with E-state index in [2.05, 4.69) is 15.6 Å². The largest absolute Gasteiger partial charge is 0.459 e. The van der Waals surface area contributed by atoms with Gasteiger partial charge in [-0.05, 0) is 66.8 Å². The van der Waals surface area contributed by atoms with Crippen molar-refractivity contribution in [2.45, 2.75) is 12.1 Å². The van der Waals surface area contributed by atoms with Crippen LogP contribution in [0.4, 0.5) is 17.1 Å². The summed E-state index contributed by atoms with van der Waals surface area (Å²) in [4.78, 5) is 29.0. The molecule has 1 fully saturated rings. The fourth-order valence-electron chi connectivity index (χ4n) is 4.41. The molecule has 12 heteroatoms. The van der Waals surface area contributed by atoms with Crippen molar-refractivity contribution in [3.8, 4) is 11.3 Å². The van der Waals surface area contributed by atoms with Crippen LogP contribution in [0.5, 0.6) is 0 Å². The third-order valence-corrected chi connectivity index (χ3v) is 6.79. The van der Waals surface area contributed by atoms with Crippen LogP contribution in [0.1, 0.15) is 23.5 Å². The number of pyridine rings is 1. The van der Waals surface area contributed by atoms with Crippen LogP contribution in [-0.2, 0) is 9.53 Å². The Bertz CT molecular complexity index is 1530. The van der Waals surface area contributed by atoms with E-state index in [4.69, 9.17) is 33.0 Å². The first-order valence-electron chi connectivity index (χ1n) is 11.8. The number of furan rings is 1. The van der Waals surface area contributed by atoms with Gasteiger partial charge in [0.05, 0.1) is 27.4 Å². The van der Waals surface area contributed by atoms with E-state index in [1.807, 2.05) is 35.2 Å². The molecule has 39 heavy (non-hydrogen) atoms. The molecule has 0 unspecified atom stereocenters. The highest BCUT2D eigenvalue weighted by molar-refractivity contribution is 7.80. The average Bonchev–Trinajstić information content (AvgIpc) is 3.55. The molecule has 2 aromatic heterocycles. The van der Waals surface area contributed by atoms with Crippen LogP contribution in [0.3, 0.4) is 0 Å². The lowest BCUT2D eigenvalue weighted by Gasteiger charge is -2.26. The molecule has 2 aromatic carbocycles. The lowest BCUT2D eigenvalue weighted by atomic mass is 10.0. The molecule has 5 rings (SSSR count). The van der Waals surface area contributed by atoms with Crippen LogP contribution in [-0.4, -0.2) is 34.6 Å². The van der Waals surface area contributed by atoms with Gasteiger partial charge in [-0.1, -0.05) is 17.7 Å². The Hall–Kier alpha value is -4.32. The first kappa shape index (κ1) is 26.3. The highest BCUT2D eigenvalue weighted by Gasteiger charge is 2.42. The van der Waals surface area contributed by atoms with Gasteiger partial charge in [0.2, 0.25) is 5.91 Å². The predicted octanol–water partition coefficient (Wildman–Crippen LogP) is 5.67. The topological polar surface area (TPSA) is 123 Å². The molecule has 0 spiro atoms. The summed E-state index contributed by atoms with van der Waals surface area (Å²) in [6.07, 6.45) is 1.71. The van der Waals surface area contributed by atoms with Crippen LogP contribution in [0.15, 0.2) is 83.4 Å². The zero-order chi connectivity index (χ0) is 27.5. The lowest BCUT2D eigenvalue weighted by molar-refractivity contribution is -0.384. The molecule has 0 saturated carbocycles. The smallest absolute Gasteiger partial charge is 0.269 e. The number of benzene rings is 2. The van der Waals surface area contributed by atoms with E-state index in [1.54, 1.807) is 36.5 Å². The van der Waals surface area contributed by atoms with E-state index in [-0.39, 0.29) is 24.2 Å². The predicted molar refractivity (Wildman–Crippen MR) is 151 cm³/mol. The Labute approximate surface area is 233 Å². The Morgan fingerprint density at radius 2 is 2.00 bits per heavy atom. The molecular formula is C27H22ClN5O5S. The maximum Gasteiger partial charge on any atom is 0.269 e. The molecule has 1 aliphatic rings. The number of nitro groups is 1. The molecule has 3 heterocycles. The second-order valence-electron chi connectivity index (χ2n) is 8.65. The molecule has 10 nitrogen and oxygen atoms in total. The van der Waals surface area contributed by atoms with E-state index >= 15 is 0 Å². The fraction of sp³-hybridized carbons (Fsp3) is 0.148. The molecule has 1 saturated heterocycles. The number of hydrogen-bond donors (Lipinski definition) is 2. The number of anilines is 2. The molecule has 1 amide bonds. The summed E-state index contributed by atoms with van der Waals surface area (Å²) >= 11 is 12.3. The highest BCUT2D eigenvalue weighted by atomic mass is 35.5. The third-order valence-electron chi connectivity index (χ3n) is 6.16. The number of carbonyl (C=O) groups is 1. The van der Waals surface area contributed by atoms with Crippen LogP contribution in [0.25, 0.3) is 11.3 Å². The van der Waals surface area contributed by atoms with Gasteiger partial charge < -0.3 is 24.7 Å². The number of amides is 1. The molecule has 4 aromatic rings. The minimum Gasteiger partial charge on any atom is -0.459 e. The third kappa shape index (κ3) is 5.46. The van der Waals surface area contributed by atoms with Gasteiger partial charge in [-0.3, -0.25) is 19.9 Å². The van der Waals surface area contributed by atoms with Crippen molar-refractivity contribution in [1.82, 2.24) is 10.3 Å². The molecular weight excluding hydrogens is 542 g/mol. The summed E-state index contributed by atoms with van der Waals surface area (Å²) in [5, 5.41) is 17.9. The fourth-order valence-corrected chi connectivity index (χ4v) is 4.98. The van der Waals surface area contributed by atoms with Crippen LogP contribution in [0, 0.1) is 10.1 Å². The van der Waals surface area contributed by atoms with E-state index in [0.29, 0.717) is 38.6 Å². The summed E-state index contributed by atoms with van der Waals surface area (Å²) in [5.41, 5.74) is 2.57. The van der Waals surface area contributed by atoms with E-state index in [1.165, 1.54) is 19.2 Å². The van der Waals surface area contributed by atoms with Crippen molar-refractivity contribution >= 4 is 51.9 Å². The lowest BCUT2D eigenvalue weighted by Crippen LogP contribution is -2.29. The van der Waals surface area contributed by atoms with Gasteiger partial charge in [-0.15, -0.1) is 0 Å². The summed E-state index contributed by atoms with van der Waals surface area (Å²) in [6, 6.07) is 19.9. The summed E-state index contributed by atoms with van der Waals surface area (Å²) in [7, 11) is 1.44. The quantitative estimate of drug-likeness (QED) is 0.159. The number of rotatable bonds is 8. The maximum atomic E-state index is 12.0. The zero-order valence-electron chi connectivity index (χ0n) is 20.5. The number of carbonyl (C=O) groups excluding carboxylic acids is 1. The number of nitrogens with zero attached hydrogens (tertiary/aromatic N) is 3. The van der Waals surface area contributed by atoms with E-state index in [0.717, 1.165) is 5.69 Å². The molecule has 0 radical (unpaired) electrons. The summed E-state index contributed by atoms with van der Waals surface area (Å²) < 4.78 is 11.2. The number of methoxy groups -OCH3 is 1. The van der Waals surface area contributed by atoms with Gasteiger partial charge in [0.1, 0.15) is 24.2 Å². The van der Waals surface area contributed by atoms with Crippen molar-refractivity contribution in [2.75, 3.05) is 23.9 Å². The SMILES string of the molecule is COCC(=O)Nc1ccc(N2C(=S)N[C@@H](c3ccccn3)[C@H]2c2ccc(-c3ccc([N+](=O)[O-])cc3)o2)cc1Cl. The monoisotopic (exact) mass is 563 g/mol.